The molecule has 5 heteroatoms. The maximum atomic E-state index is 4.16. The highest BCUT2D eigenvalue weighted by Crippen LogP contribution is 2.21. The minimum atomic E-state index is 0.701. The molecule has 0 unspecified atom stereocenters. The van der Waals surface area contributed by atoms with Crippen LogP contribution in [0.5, 0.6) is 0 Å². The van der Waals surface area contributed by atoms with E-state index in [2.05, 4.69) is 44.6 Å². The molecular weight excluding hydrogens is 262 g/mol. The molecule has 5 nitrogen and oxygen atoms in total. The molecule has 0 amide bonds. The first-order valence-electron chi connectivity index (χ1n) is 7.79. The van der Waals surface area contributed by atoms with Gasteiger partial charge in [0.15, 0.2) is 0 Å². The first-order chi connectivity index (χ1) is 10.4. The van der Waals surface area contributed by atoms with Crippen molar-refractivity contribution in [1.29, 1.82) is 0 Å². The SMILES string of the molecule is c1ncn(-c2ccc(CN3CC[C@H]4CC[C@@H](C3)N4)cc2)n1. The van der Waals surface area contributed by atoms with Crippen LogP contribution < -0.4 is 5.32 Å². The molecule has 0 spiro atoms. The molecule has 2 aliphatic heterocycles. The Balaban J connectivity index is 1.42. The average Bonchev–Trinajstić information content (AvgIpc) is 3.12. The predicted molar refractivity (Wildman–Crippen MR) is 81.2 cm³/mol. The fourth-order valence-electron chi connectivity index (χ4n) is 3.51. The van der Waals surface area contributed by atoms with Crippen LogP contribution in [0.1, 0.15) is 24.8 Å². The molecule has 1 N–H and O–H groups in total. The van der Waals surface area contributed by atoms with Gasteiger partial charge in [0.1, 0.15) is 12.7 Å². The summed E-state index contributed by atoms with van der Waals surface area (Å²) in [5.74, 6) is 0. The van der Waals surface area contributed by atoms with Gasteiger partial charge in [-0.1, -0.05) is 12.1 Å². The van der Waals surface area contributed by atoms with Crippen LogP contribution in [0.4, 0.5) is 0 Å². The Labute approximate surface area is 125 Å². The Morgan fingerprint density at radius 3 is 2.76 bits per heavy atom. The number of benzene rings is 1. The molecule has 110 valence electrons. The maximum absolute atomic E-state index is 4.16. The first kappa shape index (κ1) is 13.0. The summed E-state index contributed by atoms with van der Waals surface area (Å²) in [6.07, 6.45) is 7.28. The predicted octanol–water partition coefficient (Wildman–Crippen LogP) is 1.59. The molecule has 21 heavy (non-hydrogen) atoms. The number of nitrogens with zero attached hydrogens (tertiary/aromatic N) is 4. The average molecular weight is 283 g/mol. The monoisotopic (exact) mass is 283 g/mol. The number of hydrogen-bond donors (Lipinski definition) is 1. The second-order valence-corrected chi connectivity index (χ2v) is 6.17. The number of hydrogen-bond acceptors (Lipinski definition) is 4. The minimum absolute atomic E-state index is 0.701. The molecule has 2 aliphatic rings. The summed E-state index contributed by atoms with van der Waals surface area (Å²) in [6, 6.07) is 10.1. The minimum Gasteiger partial charge on any atom is -0.310 e. The van der Waals surface area contributed by atoms with Gasteiger partial charge in [-0.3, -0.25) is 4.90 Å². The Kier molecular flexibility index (Phi) is 3.45. The van der Waals surface area contributed by atoms with Gasteiger partial charge in [0, 0.05) is 31.7 Å². The normalized spacial score (nSPS) is 25.9. The Morgan fingerprint density at radius 2 is 1.95 bits per heavy atom. The quantitative estimate of drug-likeness (QED) is 0.929. The lowest BCUT2D eigenvalue weighted by Crippen LogP contribution is -2.34. The molecule has 1 aromatic carbocycles. The molecule has 2 aromatic rings. The fourth-order valence-corrected chi connectivity index (χ4v) is 3.51. The number of aromatic nitrogens is 3. The van der Waals surface area contributed by atoms with Gasteiger partial charge in [0.25, 0.3) is 0 Å². The smallest absolute Gasteiger partial charge is 0.138 e. The first-order valence-corrected chi connectivity index (χ1v) is 7.79. The van der Waals surface area contributed by atoms with E-state index in [1.54, 1.807) is 17.3 Å². The van der Waals surface area contributed by atoms with Crippen LogP contribution in [-0.2, 0) is 6.54 Å². The van der Waals surface area contributed by atoms with Crippen LogP contribution in [0, 0.1) is 0 Å². The molecule has 2 bridgehead atoms. The highest BCUT2D eigenvalue weighted by Gasteiger charge is 2.28. The second-order valence-electron chi connectivity index (χ2n) is 6.17. The number of likely N-dealkylation sites (tertiary alicyclic amines) is 1. The van der Waals surface area contributed by atoms with Gasteiger partial charge in [-0.15, -0.1) is 0 Å². The van der Waals surface area contributed by atoms with E-state index in [0.29, 0.717) is 6.04 Å². The summed E-state index contributed by atoms with van der Waals surface area (Å²) in [5.41, 5.74) is 2.43. The number of fused-ring (bicyclic) bond motifs is 2. The van der Waals surface area contributed by atoms with E-state index < -0.39 is 0 Å². The Hall–Kier alpha value is -1.72. The van der Waals surface area contributed by atoms with E-state index in [9.17, 15) is 0 Å². The summed E-state index contributed by atoms with van der Waals surface area (Å²) < 4.78 is 1.79. The lowest BCUT2D eigenvalue weighted by Gasteiger charge is -2.24. The molecule has 0 saturated carbocycles. The van der Waals surface area contributed by atoms with Crippen LogP contribution in [-0.4, -0.2) is 44.8 Å². The molecule has 2 fully saturated rings. The van der Waals surface area contributed by atoms with Crippen LogP contribution in [0.2, 0.25) is 0 Å². The third-order valence-corrected chi connectivity index (χ3v) is 4.63. The summed E-state index contributed by atoms with van der Waals surface area (Å²) in [5, 5.41) is 7.89. The van der Waals surface area contributed by atoms with Gasteiger partial charge in [-0.05, 0) is 37.0 Å². The van der Waals surface area contributed by atoms with Crippen LogP contribution >= 0.6 is 0 Å². The summed E-state index contributed by atoms with van der Waals surface area (Å²) in [7, 11) is 0. The molecule has 2 atom stereocenters. The second kappa shape index (κ2) is 5.58. The zero-order valence-corrected chi connectivity index (χ0v) is 12.2. The van der Waals surface area contributed by atoms with Gasteiger partial charge in [-0.25, -0.2) is 9.67 Å². The molecule has 1 aromatic heterocycles. The van der Waals surface area contributed by atoms with Crippen molar-refractivity contribution in [3.8, 4) is 5.69 Å². The van der Waals surface area contributed by atoms with E-state index in [0.717, 1.165) is 18.3 Å². The standard InChI is InChI=1S/C16H21N5/c1-5-16(21-12-17-11-18-21)6-2-13(1)9-20-8-7-14-3-4-15(10-20)19-14/h1-2,5-6,11-12,14-15,19H,3-4,7-10H2/t14-,15+/m1/s1. The zero-order chi connectivity index (χ0) is 14.1. The summed E-state index contributed by atoms with van der Waals surface area (Å²) in [6.45, 7) is 3.43. The van der Waals surface area contributed by atoms with E-state index in [1.807, 2.05) is 0 Å². The summed E-state index contributed by atoms with van der Waals surface area (Å²) >= 11 is 0. The summed E-state index contributed by atoms with van der Waals surface area (Å²) in [4.78, 5) is 6.57. The van der Waals surface area contributed by atoms with E-state index in [4.69, 9.17) is 0 Å². The molecule has 3 heterocycles. The van der Waals surface area contributed by atoms with Crippen molar-refractivity contribution >= 4 is 0 Å². The maximum Gasteiger partial charge on any atom is 0.138 e. The molecule has 4 rings (SSSR count). The van der Waals surface area contributed by atoms with Gasteiger partial charge in [0.2, 0.25) is 0 Å². The van der Waals surface area contributed by atoms with Crippen LogP contribution in [0.3, 0.4) is 0 Å². The van der Waals surface area contributed by atoms with Gasteiger partial charge < -0.3 is 5.32 Å². The van der Waals surface area contributed by atoms with Crippen LogP contribution in [0.25, 0.3) is 5.69 Å². The van der Waals surface area contributed by atoms with E-state index >= 15 is 0 Å². The van der Waals surface area contributed by atoms with Crippen LogP contribution in [0.15, 0.2) is 36.9 Å². The Bertz CT molecular complexity index is 577. The van der Waals surface area contributed by atoms with E-state index in [-0.39, 0.29) is 0 Å². The van der Waals surface area contributed by atoms with Crippen molar-refractivity contribution in [2.75, 3.05) is 13.1 Å². The van der Waals surface area contributed by atoms with E-state index in [1.165, 1.54) is 37.9 Å². The molecular formula is C16H21N5. The van der Waals surface area contributed by atoms with Crippen molar-refractivity contribution in [2.24, 2.45) is 0 Å². The number of rotatable bonds is 3. The lowest BCUT2D eigenvalue weighted by molar-refractivity contribution is 0.251. The largest absolute Gasteiger partial charge is 0.310 e. The topological polar surface area (TPSA) is 46.0 Å². The highest BCUT2D eigenvalue weighted by molar-refractivity contribution is 5.33. The van der Waals surface area contributed by atoms with Gasteiger partial charge in [0.05, 0.1) is 5.69 Å². The van der Waals surface area contributed by atoms with Crippen molar-refractivity contribution in [2.45, 2.75) is 37.9 Å². The highest BCUT2D eigenvalue weighted by atomic mass is 15.3. The molecule has 2 saturated heterocycles. The lowest BCUT2D eigenvalue weighted by atomic mass is 10.1. The van der Waals surface area contributed by atoms with Crippen molar-refractivity contribution < 1.29 is 0 Å². The zero-order valence-electron chi connectivity index (χ0n) is 12.2. The van der Waals surface area contributed by atoms with Crippen molar-refractivity contribution in [1.82, 2.24) is 25.0 Å². The molecule has 0 aliphatic carbocycles. The number of nitrogens with one attached hydrogen (secondary N) is 1. The fraction of sp³-hybridized carbons (Fsp3) is 0.500. The van der Waals surface area contributed by atoms with Gasteiger partial charge >= 0.3 is 0 Å². The van der Waals surface area contributed by atoms with Gasteiger partial charge in [-0.2, -0.15) is 5.10 Å². The third-order valence-electron chi connectivity index (χ3n) is 4.63. The van der Waals surface area contributed by atoms with Crippen molar-refractivity contribution in [3.05, 3.63) is 42.5 Å². The third kappa shape index (κ3) is 2.84. The Morgan fingerprint density at radius 1 is 1.10 bits per heavy atom. The molecule has 0 radical (unpaired) electrons. The van der Waals surface area contributed by atoms with Crippen molar-refractivity contribution in [3.63, 3.8) is 0 Å².